The number of likely N-dealkylation sites (tertiary alicyclic amines) is 1. The van der Waals surface area contributed by atoms with Crippen molar-refractivity contribution in [3.8, 4) is 0 Å². The Kier molecular flexibility index (Phi) is 4.69. The SMILES string of the molecule is COC(=O)c1ccc(C(=O)N2CCC(N3C(=O)COC3=O)CC2)cc1. The maximum atomic E-state index is 12.5. The molecule has 3 amide bonds. The average Bonchev–Trinajstić information content (AvgIpc) is 2.99. The standard InChI is InChI=1S/C17H18N2O6/c1-24-16(22)12-4-2-11(3-5-12)15(21)18-8-6-13(7-9-18)19-14(20)10-25-17(19)23/h2-5,13H,6-10H2,1H3. The van der Waals surface area contributed by atoms with Crippen LogP contribution in [0.15, 0.2) is 24.3 Å². The molecule has 2 fully saturated rings. The number of ether oxygens (including phenoxy) is 2. The van der Waals surface area contributed by atoms with Gasteiger partial charge in [0.15, 0.2) is 6.61 Å². The third-order valence-electron chi connectivity index (χ3n) is 4.45. The van der Waals surface area contributed by atoms with Crippen LogP contribution in [-0.2, 0) is 14.3 Å². The number of hydrogen-bond donors (Lipinski definition) is 0. The lowest BCUT2D eigenvalue weighted by atomic mass is 10.0. The Labute approximate surface area is 144 Å². The normalized spacial score (nSPS) is 18.3. The fourth-order valence-electron chi connectivity index (χ4n) is 3.09. The summed E-state index contributed by atoms with van der Waals surface area (Å²) in [6.45, 7) is 0.684. The van der Waals surface area contributed by atoms with Gasteiger partial charge >= 0.3 is 12.1 Å². The van der Waals surface area contributed by atoms with Crippen molar-refractivity contribution < 1.29 is 28.7 Å². The first kappa shape index (κ1) is 16.9. The molecule has 0 bridgehead atoms. The number of carbonyl (C=O) groups is 4. The van der Waals surface area contributed by atoms with Crippen molar-refractivity contribution in [3.05, 3.63) is 35.4 Å². The molecule has 2 saturated heterocycles. The van der Waals surface area contributed by atoms with Gasteiger partial charge < -0.3 is 14.4 Å². The zero-order valence-corrected chi connectivity index (χ0v) is 13.8. The van der Waals surface area contributed by atoms with E-state index in [1.165, 1.54) is 7.11 Å². The van der Waals surface area contributed by atoms with E-state index in [1.807, 2.05) is 0 Å². The van der Waals surface area contributed by atoms with E-state index in [0.717, 1.165) is 4.90 Å². The number of nitrogens with zero attached hydrogens (tertiary/aromatic N) is 2. The summed E-state index contributed by atoms with van der Waals surface area (Å²) in [6.07, 6.45) is 0.438. The first-order valence-electron chi connectivity index (χ1n) is 7.97. The predicted molar refractivity (Wildman–Crippen MR) is 84.9 cm³/mol. The van der Waals surface area contributed by atoms with Crippen LogP contribution in [0.2, 0.25) is 0 Å². The number of imide groups is 1. The van der Waals surface area contributed by atoms with E-state index in [9.17, 15) is 19.2 Å². The smallest absolute Gasteiger partial charge is 0.417 e. The van der Waals surface area contributed by atoms with Crippen LogP contribution in [0.5, 0.6) is 0 Å². The molecule has 132 valence electrons. The number of piperidine rings is 1. The summed E-state index contributed by atoms with van der Waals surface area (Å²) in [4.78, 5) is 50.1. The second-order valence-corrected chi connectivity index (χ2v) is 5.91. The van der Waals surface area contributed by atoms with E-state index < -0.39 is 12.1 Å². The number of benzene rings is 1. The molecule has 0 aromatic heterocycles. The zero-order chi connectivity index (χ0) is 18.0. The summed E-state index contributed by atoms with van der Waals surface area (Å²) in [5.74, 6) is -0.930. The third kappa shape index (κ3) is 3.33. The highest BCUT2D eigenvalue weighted by Gasteiger charge is 2.39. The van der Waals surface area contributed by atoms with Crippen LogP contribution >= 0.6 is 0 Å². The number of amides is 3. The molecule has 1 aromatic rings. The Morgan fingerprint density at radius 2 is 1.68 bits per heavy atom. The highest BCUT2D eigenvalue weighted by Crippen LogP contribution is 2.22. The minimum absolute atomic E-state index is 0.148. The summed E-state index contributed by atoms with van der Waals surface area (Å²) in [7, 11) is 1.30. The van der Waals surface area contributed by atoms with Crippen LogP contribution in [0.3, 0.4) is 0 Å². The van der Waals surface area contributed by atoms with Crippen molar-refractivity contribution in [2.75, 3.05) is 26.8 Å². The molecule has 0 aliphatic carbocycles. The molecule has 0 N–H and O–H groups in total. The highest BCUT2D eigenvalue weighted by molar-refractivity contribution is 5.98. The van der Waals surface area contributed by atoms with E-state index in [1.54, 1.807) is 29.2 Å². The predicted octanol–water partition coefficient (Wildman–Crippen LogP) is 1.06. The van der Waals surface area contributed by atoms with Gasteiger partial charge in [0.05, 0.1) is 12.7 Å². The molecule has 0 atom stereocenters. The quantitative estimate of drug-likeness (QED) is 0.760. The van der Waals surface area contributed by atoms with Crippen molar-refractivity contribution in [3.63, 3.8) is 0 Å². The van der Waals surface area contributed by atoms with Crippen LogP contribution in [-0.4, -0.2) is 66.5 Å². The number of rotatable bonds is 3. The molecule has 0 saturated carbocycles. The molecule has 8 heteroatoms. The van der Waals surface area contributed by atoms with Gasteiger partial charge in [0, 0.05) is 24.7 Å². The van der Waals surface area contributed by atoms with Crippen molar-refractivity contribution >= 4 is 23.9 Å². The Hall–Kier alpha value is -2.90. The van der Waals surface area contributed by atoms with Gasteiger partial charge in [-0.25, -0.2) is 14.5 Å². The molecule has 0 radical (unpaired) electrons. The highest BCUT2D eigenvalue weighted by atomic mass is 16.6. The summed E-state index contributed by atoms with van der Waals surface area (Å²) in [5, 5.41) is 0. The van der Waals surface area contributed by atoms with Gasteiger partial charge in [0.1, 0.15) is 0 Å². The largest absolute Gasteiger partial charge is 0.465 e. The van der Waals surface area contributed by atoms with Crippen LogP contribution in [0.25, 0.3) is 0 Å². The van der Waals surface area contributed by atoms with Crippen molar-refractivity contribution in [1.82, 2.24) is 9.80 Å². The van der Waals surface area contributed by atoms with Crippen LogP contribution in [0.4, 0.5) is 4.79 Å². The molecular weight excluding hydrogens is 328 g/mol. The van der Waals surface area contributed by atoms with Crippen LogP contribution < -0.4 is 0 Å². The Balaban J connectivity index is 1.61. The zero-order valence-electron chi connectivity index (χ0n) is 13.8. The molecule has 2 aliphatic rings. The summed E-state index contributed by atoms with van der Waals surface area (Å²) >= 11 is 0. The Morgan fingerprint density at radius 3 is 2.20 bits per heavy atom. The topological polar surface area (TPSA) is 93.2 Å². The first-order valence-corrected chi connectivity index (χ1v) is 7.97. The van der Waals surface area contributed by atoms with Gasteiger partial charge in [-0.15, -0.1) is 0 Å². The van der Waals surface area contributed by atoms with Gasteiger partial charge in [-0.3, -0.25) is 9.59 Å². The number of carbonyl (C=O) groups excluding carboxylic acids is 4. The number of cyclic esters (lactones) is 1. The van der Waals surface area contributed by atoms with Crippen molar-refractivity contribution in [1.29, 1.82) is 0 Å². The van der Waals surface area contributed by atoms with E-state index in [4.69, 9.17) is 4.74 Å². The minimum atomic E-state index is -0.604. The van der Waals surface area contributed by atoms with E-state index in [-0.39, 0.29) is 24.5 Å². The van der Waals surface area contributed by atoms with E-state index in [0.29, 0.717) is 37.1 Å². The first-order chi connectivity index (χ1) is 12.0. The van der Waals surface area contributed by atoms with Gasteiger partial charge in [0.2, 0.25) is 0 Å². The lowest BCUT2D eigenvalue weighted by molar-refractivity contribution is -0.127. The number of hydrogen-bond acceptors (Lipinski definition) is 6. The monoisotopic (exact) mass is 346 g/mol. The second-order valence-electron chi connectivity index (χ2n) is 5.91. The molecule has 2 aliphatic heterocycles. The van der Waals surface area contributed by atoms with Gasteiger partial charge in [-0.2, -0.15) is 0 Å². The Bertz CT molecular complexity index is 690. The summed E-state index contributed by atoms with van der Waals surface area (Å²) in [6, 6.07) is 6.03. The molecule has 2 heterocycles. The third-order valence-corrected chi connectivity index (χ3v) is 4.45. The fraction of sp³-hybridized carbons (Fsp3) is 0.412. The van der Waals surface area contributed by atoms with Gasteiger partial charge in [-0.05, 0) is 37.1 Å². The molecular formula is C17H18N2O6. The van der Waals surface area contributed by atoms with E-state index in [2.05, 4.69) is 4.74 Å². The molecule has 3 rings (SSSR count). The second kappa shape index (κ2) is 6.92. The summed E-state index contributed by atoms with van der Waals surface area (Å²) < 4.78 is 9.36. The molecule has 8 nitrogen and oxygen atoms in total. The summed E-state index contributed by atoms with van der Waals surface area (Å²) in [5.41, 5.74) is 0.853. The van der Waals surface area contributed by atoms with Gasteiger partial charge in [0.25, 0.3) is 11.8 Å². The fourth-order valence-corrected chi connectivity index (χ4v) is 3.09. The lowest BCUT2D eigenvalue weighted by Crippen LogP contribution is -2.48. The molecule has 25 heavy (non-hydrogen) atoms. The Morgan fingerprint density at radius 1 is 1.08 bits per heavy atom. The van der Waals surface area contributed by atoms with Crippen molar-refractivity contribution in [2.45, 2.75) is 18.9 Å². The van der Waals surface area contributed by atoms with E-state index >= 15 is 0 Å². The van der Waals surface area contributed by atoms with Crippen molar-refractivity contribution in [2.24, 2.45) is 0 Å². The maximum absolute atomic E-state index is 12.5. The lowest BCUT2D eigenvalue weighted by Gasteiger charge is -2.34. The average molecular weight is 346 g/mol. The maximum Gasteiger partial charge on any atom is 0.417 e. The molecule has 0 spiro atoms. The molecule has 0 unspecified atom stereocenters. The number of methoxy groups -OCH3 is 1. The van der Waals surface area contributed by atoms with Crippen LogP contribution in [0, 0.1) is 0 Å². The van der Waals surface area contributed by atoms with Crippen LogP contribution in [0.1, 0.15) is 33.6 Å². The number of esters is 1. The molecule has 1 aromatic carbocycles. The minimum Gasteiger partial charge on any atom is -0.465 e. The van der Waals surface area contributed by atoms with Gasteiger partial charge in [-0.1, -0.05) is 0 Å².